The van der Waals surface area contributed by atoms with Crippen LogP contribution in [0.4, 0.5) is 0 Å². The molecule has 0 spiro atoms. The second-order valence-corrected chi connectivity index (χ2v) is 6.96. The van der Waals surface area contributed by atoms with E-state index < -0.39 is 15.9 Å². The molecule has 1 N–H and O–H groups in total. The zero-order chi connectivity index (χ0) is 14.0. The second kappa shape index (κ2) is 5.38. The summed E-state index contributed by atoms with van der Waals surface area (Å²) in [7, 11) is -1.45. The van der Waals surface area contributed by atoms with Crippen molar-refractivity contribution in [1.29, 1.82) is 0 Å². The largest absolute Gasteiger partial charge is 0.493 e. The molecule has 1 fully saturated rings. The molecular weight excluding hydrogens is 268 g/mol. The Balaban J connectivity index is 2.16. The van der Waals surface area contributed by atoms with Crippen LogP contribution in [0, 0.1) is 0 Å². The minimum absolute atomic E-state index is 0.0499. The van der Waals surface area contributed by atoms with Crippen molar-refractivity contribution in [3.63, 3.8) is 0 Å². The van der Waals surface area contributed by atoms with Crippen LogP contribution in [0.25, 0.3) is 0 Å². The summed E-state index contributed by atoms with van der Waals surface area (Å²) in [6.07, 6.45) is -0.407. The third-order valence-electron chi connectivity index (χ3n) is 3.15. The first-order chi connectivity index (χ1) is 8.91. The Morgan fingerprint density at radius 3 is 2.63 bits per heavy atom. The molecule has 19 heavy (non-hydrogen) atoms. The van der Waals surface area contributed by atoms with E-state index >= 15 is 0 Å². The third kappa shape index (κ3) is 3.39. The van der Waals surface area contributed by atoms with Crippen LogP contribution in [-0.4, -0.2) is 38.2 Å². The maximum Gasteiger partial charge on any atom is 0.161 e. The van der Waals surface area contributed by atoms with Gasteiger partial charge in [0.15, 0.2) is 21.3 Å². The first kappa shape index (κ1) is 14.1. The Morgan fingerprint density at radius 1 is 1.37 bits per heavy atom. The average Bonchev–Trinajstić information content (AvgIpc) is 2.69. The number of aliphatic hydroxyl groups excluding tert-OH is 1. The van der Waals surface area contributed by atoms with Gasteiger partial charge in [-0.05, 0) is 31.0 Å². The van der Waals surface area contributed by atoms with Gasteiger partial charge in [0.1, 0.15) is 6.10 Å². The zero-order valence-corrected chi connectivity index (χ0v) is 11.8. The minimum Gasteiger partial charge on any atom is -0.493 e. The van der Waals surface area contributed by atoms with Crippen LogP contribution in [0.15, 0.2) is 18.2 Å². The highest BCUT2D eigenvalue weighted by Gasteiger charge is 2.30. The molecule has 1 heterocycles. The Labute approximate surface area is 113 Å². The first-order valence-corrected chi connectivity index (χ1v) is 7.96. The van der Waals surface area contributed by atoms with Gasteiger partial charge in [-0.25, -0.2) is 8.42 Å². The van der Waals surface area contributed by atoms with E-state index in [2.05, 4.69) is 0 Å². The molecular formula is C13H18O5S. The summed E-state index contributed by atoms with van der Waals surface area (Å²) in [5.74, 6) is 1.23. The fourth-order valence-electron chi connectivity index (χ4n) is 2.07. The number of hydrogen-bond donors (Lipinski definition) is 1. The molecule has 2 rings (SSSR count). The summed E-state index contributed by atoms with van der Waals surface area (Å²) in [6, 6.07) is 5.14. The van der Waals surface area contributed by atoms with Gasteiger partial charge in [-0.15, -0.1) is 0 Å². The van der Waals surface area contributed by atoms with E-state index in [1.54, 1.807) is 25.1 Å². The summed E-state index contributed by atoms with van der Waals surface area (Å²) in [5, 5.41) is 9.51. The molecule has 106 valence electrons. The number of rotatable bonds is 4. The lowest BCUT2D eigenvalue weighted by atomic mass is 10.1. The normalized spacial score (nSPS) is 23.0. The standard InChI is InChI=1S/C13H18O5S/c1-9(14)10-3-4-12(13(7-10)17-2)18-11-5-6-19(15,16)8-11/h3-4,7,9,11,14H,5-6,8H2,1-2H3. The lowest BCUT2D eigenvalue weighted by molar-refractivity contribution is 0.197. The molecule has 1 aliphatic heterocycles. The topological polar surface area (TPSA) is 72.8 Å². The number of ether oxygens (including phenoxy) is 2. The molecule has 2 unspecified atom stereocenters. The molecule has 0 radical (unpaired) electrons. The average molecular weight is 286 g/mol. The van der Waals surface area contributed by atoms with Crippen LogP contribution in [0.5, 0.6) is 11.5 Å². The Kier molecular flexibility index (Phi) is 4.01. The molecule has 0 aromatic heterocycles. The van der Waals surface area contributed by atoms with Crippen molar-refractivity contribution in [1.82, 2.24) is 0 Å². The molecule has 1 aromatic carbocycles. The van der Waals surface area contributed by atoms with Crippen molar-refractivity contribution in [3.8, 4) is 11.5 Å². The molecule has 1 saturated heterocycles. The maximum absolute atomic E-state index is 11.4. The second-order valence-electron chi connectivity index (χ2n) is 4.73. The highest BCUT2D eigenvalue weighted by molar-refractivity contribution is 7.91. The van der Waals surface area contributed by atoms with E-state index in [1.807, 2.05) is 0 Å². The van der Waals surface area contributed by atoms with Crippen LogP contribution in [-0.2, 0) is 9.84 Å². The van der Waals surface area contributed by atoms with Crippen molar-refractivity contribution in [2.75, 3.05) is 18.6 Å². The van der Waals surface area contributed by atoms with Crippen molar-refractivity contribution in [3.05, 3.63) is 23.8 Å². The summed E-state index contributed by atoms with van der Waals surface area (Å²) in [6.45, 7) is 1.67. The number of hydrogen-bond acceptors (Lipinski definition) is 5. The van der Waals surface area contributed by atoms with Gasteiger partial charge in [0.2, 0.25) is 0 Å². The molecule has 0 aliphatic carbocycles. The first-order valence-electron chi connectivity index (χ1n) is 6.14. The number of methoxy groups -OCH3 is 1. The highest BCUT2D eigenvalue weighted by Crippen LogP contribution is 2.32. The molecule has 2 atom stereocenters. The smallest absolute Gasteiger partial charge is 0.161 e. The molecule has 0 amide bonds. The van der Waals surface area contributed by atoms with Crippen molar-refractivity contribution in [2.24, 2.45) is 0 Å². The summed E-state index contributed by atoms with van der Waals surface area (Å²) >= 11 is 0. The monoisotopic (exact) mass is 286 g/mol. The number of sulfone groups is 1. The van der Waals surface area contributed by atoms with Gasteiger partial charge in [0.05, 0.1) is 24.7 Å². The lowest BCUT2D eigenvalue weighted by Gasteiger charge is -2.16. The molecule has 1 aliphatic rings. The zero-order valence-electron chi connectivity index (χ0n) is 11.0. The van der Waals surface area contributed by atoms with E-state index in [4.69, 9.17) is 9.47 Å². The summed E-state index contributed by atoms with van der Waals surface area (Å²) < 4.78 is 33.7. The van der Waals surface area contributed by atoms with E-state index in [0.29, 0.717) is 17.9 Å². The van der Waals surface area contributed by atoms with Crippen molar-refractivity contribution < 1.29 is 23.0 Å². The summed E-state index contributed by atoms with van der Waals surface area (Å²) in [5.41, 5.74) is 0.725. The van der Waals surface area contributed by atoms with Gasteiger partial charge in [-0.1, -0.05) is 6.07 Å². The predicted octanol–water partition coefficient (Wildman–Crippen LogP) is 1.31. The number of aliphatic hydroxyl groups is 1. The number of benzene rings is 1. The Bertz CT molecular complexity index is 550. The molecule has 5 nitrogen and oxygen atoms in total. The van der Waals surface area contributed by atoms with Crippen LogP contribution < -0.4 is 9.47 Å². The van der Waals surface area contributed by atoms with Crippen LogP contribution >= 0.6 is 0 Å². The fraction of sp³-hybridized carbons (Fsp3) is 0.538. The minimum atomic E-state index is -2.96. The van der Waals surface area contributed by atoms with Gasteiger partial charge < -0.3 is 14.6 Å². The highest BCUT2D eigenvalue weighted by atomic mass is 32.2. The SMILES string of the molecule is COc1cc(C(C)O)ccc1OC1CCS(=O)(=O)C1. The van der Waals surface area contributed by atoms with E-state index in [-0.39, 0.29) is 17.6 Å². The quantitative estimate of drug-likeness (QED) is 0.903. The van der Waals surface area contributed by atoms with E-state index in [9.17, 15) is 13.5 Å². The van der Waals surface area contributed by atoms with Crippen molar-refractivity contribution >= 4 is 9.84 Å². The van der Waals surface area contributed by atoms with Gasteiger partial charge in [-0.3, -0.25) is 0 Å². The maximum atomic E-state index is 11.4. The van der Waals surface area contributed by atoms with Gasteiger partial charge in [0.25, 0.3) is 0 Å². The third-order valence-corrected chi connectivity index (χ3v) is 4.89. The predicted molar refractivity (Wildman–Crippen MR) is 71.3 cm³/mol. The van der Waals surface area contributed by atoms with Crippen molar-refractivity contribution in [2.45, 2.75) is 25.6 Å². The molecule has 0 saturated carbocycles. The van der Waals surface area contributed by atoms with Crippen LogP contribution in [0.3, 0.4) is 0 Å². The molecule has 0 bridgehead atoms. The van der Waals surface area contributed by atoms with Gasteiger partial charge in [0, 0.05) is 0 Å². The Morgan fingerprint density at radius 2 is 2.11 bits per heavy atom. The fourth-order valence-corrected chi connectivity index (χ4v) is 3.66. The van der Waals surface area contributed by atoms with E-state index in [1.165, 1.54) is 7.11 Å². The van der Waals surface area contributed by atoms with Crippen LogP contribution in [0.1, 0.15) is 25.0 Å². The molecule has 6 heteroatoms. The van der Waals surface area contributed by atoms with E-state index in [0.717, 1.165) is 5.56 Å². The lowest BCUT2D eigenvalue weighted by Crippen LogP contribution is -2.18. The van der Waals surface area contributed by atoms with Gasteiger partial charge in [-0.2, -0.15) is 0 Å². The molecule has 1 aromatic rings. The van der Waals surface area contributed by atoms with Crippen LogP contribution in [0.2, 0.25) is 0 Å². The summed E-state index contributed by atoms with van der Waals surface area (Å²) in [4.78, 5) is 0. The van der Waals surface area contributed by atoms with Gasteiger partial charge >= 0.3 is 0 Å². The Hall–Kier alpha value is -1.27.